The maximum absolute atomic E-state index is 12.2. The third-order valence-corrected chi connectivity index (χ3v) is 4.59. The highest BCUT2D eigenvalue weighted by atomic mass is 79.9. The van der Waals surface area contributed by atoms with Gasteiger partial charge in [-0.05, 0) is 39.5 Å². The number of carbonyl (C=O) groups excluding carboxylic acids is 1. The Morgan fingerprint density at radius 3 is 2.95 bits per heavy atom. The molecule has 1 N–H and O–H groups in total. The number of anilines is 1. The molecular weight excluding hydrogens is 324 g/mol. The standard InChI is InChI=1S/C14H9BrN2OS/c15-11-5-7-19-13(11)14(18)17-12-3-1-2-9-8-16-6-4-10(9)12/h1-8H,(H,17,18). The van der Waals surface area contributed by atoms with Crippen LogP contribution in [-0.4, -0.2) is 10.9 Å². The van der Waals surface area contributed by atoms with Crippen LogP contribution in [0.4, 0.5) is 5.69 Å². The second kappa shape index (κ2) is 5.11. The van der Waals surface area contributed by atoms with Crippen molar-refractivity contribution in [3.8, 4) is 0 Å². The van der Waals surface area contributed by atoms with Crippen molar-refractivity contribution in [3.63, 3.8) is 0 Å². The molecule has 19 heavy (non-hydrogen) atoms. The summed E-state index contributed by atoms with van der Waals surface area (Å²) in [6.45, 7) is 0. The molecule has 1 aromatic carbocycles. The molecule has 3 aromatic rings. The summed E-state index contributed by atoms with van der Waals surface area (Å²) >= 11 is 4.78. The molecule has 5 heteroatoms. The molecule has 0 saturated carbocycles. The van der Waals surface area contributed by atoms with Gasteiger partial charge in [0.25, 0.3) is 5.91 Å². The molecule has 0 fully saturated rings. The van der Waals surface area contributed by atoms with E-state index in [1.54, 1.807) is 12.4 Å². The van der Waals surface area contributed by atoms with E-state index >= 15 is 0 Å². The fourth-order valence-electron chi connectivity index (χ4n) is 1.87. The van der Waals surface area contributed by atoms with Gasteiger partial charge in [0.05, 0.1) is 0 Å². The molecule has 0 unspecified atom stereocenters. The molecule has 3 rings (SSSR count). The van der Waals surface area contributed by atoms with Crippen LogP contribution in [0.15, 0.2) is 52.6 Å². The second-order valence-electron chi connectivity index (χ2n) is 3.95. The number of nitrogens with one attached hydrogen (secondary N) is 1. The molecule has 94 valence electrons. The molecule has 0 aliphatic heterocycles. The zero-order valence-electron chi connectivity index (χ0n) is 9.76. The van der Waals surface area contributed by atoms with Crippen LogP contribution in [0.2, 0.25) is 0 Å². The Morgan fingerprint density at radius 1 is 1.26 bits per heavy atom. The largest absolute Gasteiger partial charge is 0.321 e. The molecule has 0 aliphatic rings. The van der Waals surface area contributed by atoms with Crippen LogP contribution in [0.1, 0.15) is 9.67 Å². The Labute approximate surface area is 122 Å². The van der Waals surface area contributed by atoms with E-state index in [2.05, 4.69) is 26.2 Å². The predicted octanol–water partition coefficient (Wildman–Crippen LogP) is 4.31. The number of aromatic nitrogens is 1. The van der Waals surface area contributed by atoms with Crippen LogP contribution in [-0.2, 0) is 0 Å². The highest BCUT2D eigenvalue weighted by Gasteiger charge is 2.12. The first-order valence-corrected chi connectivity index (χ1v) is 7.30. The van der Waals surface area contributed by atoms with Crippen molar-refractivity contribution in [1.82, 2.24) is 4.98 Å². The Morgan fingerprint density at radius 2 is 2.16 bits per heavy atom. The fourth-order valence-corrected chi connectivity index (χ4v) is 3.31. The molecule has 0 radical (unpaired) electrons. The third kappa shape index (κ3) is 2.39. The predicted molar refractivity (Wildman–Crippen MR) is 81.7 cm³/mol. The summed E-state index contributed by atoms with van der Waals surface area (Å²) in [4.78, 5) is 16.9. The minimum absolute atomic E-state index is 0.105. The molecule has 3 nitrogen and oxygen atoms in total. The van der Waals surface area contributed by atoms with Crippen molar-refractivity contribution in [2.75, 3.05) is 5.32 Å². The summed E-state index contributed by atoms with van der Waals surface area (Å²) in [7, 11) is 0. The number of amides is 1. The van der Waals surface area contributed by atoms with Crippen LogP contribution >= 0.6 is 27.3 Å². The van der Waals surface area contributed by atoms with Gasteiger partial charge in [-0.1, -0.05) is 12.1 Å². The maximum atomic E-state index is 12.2. The number of benzene rings is 1. The lowest BCUT2D eigenvalue weighted by Crippen LogP contribution is -2.10. The SMILES string of the molecule is O=C(Nc1cccc2cnccc12)c1sccc1Br. The fraction of sp³-hybridized carbons (Fsp3) is 0. The second-order valence-corrected chi connectivity index (χ2v) is 5.72. The van der Waals surface area contributed by atoms with Gasteiger partial charge in [0, 0.05) is 33.3 Å². The van der Waals surface area contributed by atoms with Gasteiger partial charge >= 0.3 is 0 Å². The lowest BCUT2D eigenvalue weighted by atomic mass is 10.1. The molecule has 0 atom stereocenters. The number of thiophene rings is 1. The van der Waals surface area contributed by atoms with Crippen molar-refractivity contribution >= 4 is 49.6 Å². The Kier molecular flexibility index (Phi) is 3.31. The highest BCUT2D eigenvalue weighted by molar-refractivity contribution is 9.10. The van der Waals surface area contributed by atoms with Gasteiger partial charge in [-0.15, -0.1) is 11.3 Å². The molecule has 0 aliphatic carbocycles. The normalized spacial score (nSPS) is 10.6. The van der Waals surface area contributed by atoms with Crippen molar-refractivity contribution in [2.45, 2.75) is 0 Å². The third-order valence-electron chi connectivity index (χ3n) is 2.75. The summed E-state index contributed by atoms with van der Waals surface area (Å²) in [6.07, 6.45) is 3.51. The van der Waals surface area contributed by atoms with E-state index in [9.17, 15) is 4.79 Å². The van der Waals surface area contributed by atoms with Crippen molar-refractivity contribution in [1.29, 1.82) is 0 Å². The van der Waals surface area contributed by atoms with Gasteiger partial charge in [0.1, 0.15) is 4.88 Å². The smallest absolute Gasteiger partial charge is 0.266 e. The number of nitrogens with zero attached hydrogens (tertiary/aromatic N) is 1. The summed E-state index contributed by atoms with van der Waals surface area (Å²) < 4.78 is 0.817. The zero-order chi connectivity index (χ0) is 13.2. The quantitative estimate of drug-likeness (QED) is 0.759. The lowest BCUT2D eigenvalue weighted by Gasteiger charge is -2.07. The summed E-state index contributed by atoms with van der Waals surface area (Å²) in [5.41, 5.74) is 0.796. The zero-order valence-corrected chi connectivity index (χ0v) is 12.2. The van der Waals surface area contributed by atoms with Crippen LogP contribution in [0.3, 0.4) is 0 Å². The summed E-state index contributed by atoms with van der Waals surface area (Å²) in [5, 5.41) is 6.81. The van der Waals surface area contributed by atoms with Gasteiger partial charge in [0.2, 0.25) is 0 Å². The van der Waals surface area contributed by atoms with E-state index in [1.807, 2.05) is 35.7 Å². The number of carbonyl (C=O) groups is 1. The van der Waals surface area contributed by atoms with Gasteiger partial charge in [-0.3, -0.25) is 9.78 Å². The molecule has 0 spiro atoms. The first-order valence-electron chi connectivity index (χ1n) is 5.63. The van der Waals surface area contributed by atoms with Crippen LogP contribution in [0, 0.1) is 0 Å². The Bertz CT molecular complexity index is 749. The van der Waals surface area contributed by atoms with E-state index < -0.39 is 0 Å². The van der Waals surface area contributed by atoms with E-state index in [0.717, 1.165) is 20.9 Å². The number of rotatable bonds is 2. The van der Waals surface area contributed by atoms with Crippen molar-refractivity contribution in [2.24, 2.45) is 0 Å². The topological polar surface area (TPSA) is 42.0 Å². The Hall–Kier alpha value is -1.72. The number of hydrogen-bond acceptors (Lipinski definition) is 3. The number of pyridine rings is 1. The van der Waals surface area contributed by atoms with E-state index in [0.29, 0.717) is 4.88 Å². The van der Waals surface area contributed by atoms with E-state index in [-0.39, 0.29) is 5.91 Å². The molecule has 0 saturated heterocycles. The van der Waals surface area contributed by atoms with Gasteiger partial charge in [-0.25, -0.2) is 0 Å². The van der Waals surface area contributed by atoms with E-state index in [4.69, 9.17) is 0 Å². The minimum atomic E-state index is -0.105. The molecular formula is C14H9BrN2OS. The van der Waals surface area contributed by atoms with Crippen LogP contribution in [0.25, 0.3) is 10.8 Å². The van der Waals surface area contributed by atoms with Crippen LogP contribution < -0.4 is 5.32 Å². The highest BCUT2D eigenvalue weighted by Crippen LogP contribution is 2.26. The monoisotopic (exact) mass is 332 g/mol. The number of hydrogen-bond donors (Lipinski definition) is 1. The Balaban J connectivity index is 1.98. The molecule has 1 amide bonds. The summed E-state index contributed by atoms with van der Waals surface area (Å²) in [6, 6.07) is 9.53. The van der Waals surface area contributed by atoms with Gasteiger partial charge < -0.3 is 5.32 Å². The van der Waals surface area contributed by atoms with Gasteiger partial charge in [0.15, 0.2) is 0 Å². The lowest BCUT2D eigenvalue weighted by molar-refractivity contribution is 0.103. The van der Waals surface area contributed by atoms with Gasteiger partial charge in [-0.2, -0.15) is 0 Å². The number of fused-ring (bicyclic) bond motifs is 1. The van der Waals surface area contributed by atoms with Crippen molar-refractivity contribution < 1.29 is 4.79 Å². The molecule has 0 bridgehead atoms. The first kappa shape index (κ1) is 12.3. The molecule has 2 heterocycles. The average molecular weight is 333 g/mol. The molecule has 2 aromatic heterocycles. The average Bonchev–Trinajstić information content (AvgIpc) is 2.85. The first-order chi connectivity index (χ1) is 9.25. The summed E-state index contributed by atoms with van der Waals surface area (Å²) in [5.74, 6) is -0.105. The minimum Gasteiger partial charge on any atom is -0.321 e. The van der Waals surface area contributed by atoms with Crippen LogP contribution in [0.5, 0.6) is 0 Å². The number of halogens is 1. The van der Waals surface area contributed by atoms with Crippen molar-refractivity contribution in [3.05, 3.63) is 57.5 Å². The maximum Gasteiger partial charge on any atom is 0.266 e. The van der Waals surface area contributed by atoms with E-state index in [1.165, 1.54) is 11.3 Å².